The van der Waals surface area contributed by atoms with Crippen LogP contribution in [0.15, 0.2) is 24.3 Å². The fourth-order valence-electron chi connectivity index (χ4n) is 2.78. The maximum atomic E-state index is 11.1. The molecule has 1 aliphatic carbocycles. The van der Waals surface area contributed by atoms with Crippen molar-refractivity contribution >= 4 is 5.91 Å². The van der Waals surface area contributed by atoms with E-state index < -0.39 is 0 Å². The van der Waals surface area contributed by atoms with Gasteiger partial charge in [0, 0.05) is 24.1 Å². The first kappa shape index (κ1) is 14.9. The predicted octanol–water partition coefficient (Wildman–Crippen LogP) is 2.22. The van der Waals surface area contributed by atoms with Crippen molar-refractivity contribution in [1.29, 1.82) is 0 Å². The lowest BCUT2D eigenvalue weighted by molar-refractivity contribution is -0.122. The molecule has 0 atom stereocenters. The number of amides is 1. The number of carbonyl (C=O) groups excluding carboxylic acids is 1. The van der Waals surface area contributed by atoms with Crippen molar-refractivity contribution in [3.05, 3.63) is 29.8 Å². The summed E-state index contributed by atoms with van der Waals surface area (Å²) in [7, 11) is 0. The summed E-state index contributed by atoms with van der Waals surface area (Å²) in [6, 6.07) is 8.59. The Kier molecular flexibility index (Phi) is 5.41. The molecule has 0 radical (unpaired) electrons. The van der Waals surface area contributed by atoms with Crippen molar-refractivity contribution in [3.63, 3.8) is 0 Å². The van der Waals surface area contributed by atoms with E-state index in [1.54, 1.807) is 0 Å². The van der Waals surface area contributed by atoms with E-state index in [9.17, 15) is 4.79 Å². The second-order valence-corrected chi connectivity index (χ2v) is 5.37. The Morgan fingerprint density at radius 2 is 2.00 bits per heavy atom. The van der Waals surface area contributed by atoms with Crippen LogP contribution in [0, 0.1) is 5.92 Å². The van der Waals surface area contributed by atoms with Gasteiger partial charge in [0.2, 0.25) is 5.91 Å². The number of ether oxygens (including phenoxy) is 1. The zero-order valence-corrected chi connectivity index (χ0v) is 12.1. The van der Waals surface area contributed by atoms with Crippen LogP contribution >= 0.6 is 0 Å². The van der Waals surface area contributed by atoms with Gasteiger partial charge in [-0.2, -0.15) is 0 Å². The quantitative estimate of drug-likeness (QED) is 0.837. The van der Waals surface area contributed by atoms with Crippen LogP contribution in [-0.4, -0.2) is 18.6 Å². The van der Waals surface area contributed by atoms with Gasteiger partial charge >= 0.3 is 0 Å². The van der Waals surface area contributed by atoms with Crippen molar-refractivity contribution in [2.75, 3.05) is 6.61 Å². The molecule has 2 rings (SSSR count). The molecule has 0 bridgehead atoms. The predicted molar refractivity (Wildman–Crippen MR) is 79.4 cm³/mol. The number of nitrogens with two attached hydrogens (primary N) is 1. The molecule has 0 saturated heterocycles. The Hall–Kier alpha value is -1.55. The molecule has 1 aromatic carbocycles. The first-order chi connectivity index (χ1) is 9.70. The third-order valence-electron chi connectivity index (χ3n) is 3.98. The first-order valence-electron chi connectivity index (χ1n) is 7.44. The topological polar surface area (TPSA) is 64.3 Å². The highest BCUT2D eigenvalue weighted by atomic mass is 16.5. The van der Waals surface area contributed by atoms with Crippen LogP contribution in [0.25, 0.3) is 0 Å². The molecule has 0 spiro atoms. The van der Waals surface area contributed by atoms with Gasteiger partial charge in [-0.05, 0) is 38.7 Å². The number of primary amides is 1. The molecule has 0 heterocycles. The monoisotopic (exact) mass is 276 g/mol. The van der Waals surface area contributed by atoms with Crippen LogP contribution < -0.4 is 15.8 Å². The van der Waals surface area contributed by atoms with Crippen molar-refractivity contribution < 1.29 is 9.53 Å². The molecule has 1 amide bonds. The van der Waals surface area contributed by atoms with Crippen molar-refractivity contribution in [2.24, 2.45) is 11.7 Å². The average molecular weight is 276 g/mol. The highest BCUT2D eigenvalue weighted by Gasteiger charge is 2.24. The van der Waals surface area contributed by atoms with E-state index in [0.717, 1.165) is 38.0 Å². The molecule has 0 unspecified atom stereocenters. The van der Waals surface area contributed by atoms with Gasteiger partial charge in [0.25, 0.3) is 0 Å². The zero-order chi connectivity index (χ0) is 14.4. The number of nitrogens with one attached hydrogen (secondary N) is 1. The molecule has 0 aliphatic heterocycles. The number of hydrogen-bond acceptors (Lipinski definition) is 3. The summed E-state index contributed by atoms with van der Waals surface area (Å²) < 4.78 is 5.62. The molecule has 3 N–H and O–H groups in total. The van der Waals surface area contributed by atoms with Gasteiger partial charge in [-0.15, -0.1) is 0 Å². The maximum absolute atomic E-state index is 11.1. The Bertz CT molecular complexity index is 440. The van der Waals surface area contributed by atoms with Crippen LogP contribution in [0.5, 0.6) is 5.75 Å². The van der Waals surface area contributed by atoms with Crippen LogP contribution in [0.2, 0.25) is 0 Å². The van der Waals surface area contributed by atoms with Gasteiger partial charge in [-0.3, -0.25) is 4.79 Å². The lowest BCUT2D eigenvalue weighted by Gasteiger charge is -2.27. The summed E-state index contributed by atoms with van der Waals surface area (Å²) in [5, 5.41) is 3.56. The second kappa shape index (κ2) is 7.29. The molecule has 110 valence electrons. The number of rotatable bonds is 6. The molecule has 4 heteroatoms. The molecule has 1 aromatic rings. The Morgan fingerprint density at radius 3 is 2.65 bits per heavy atom. The normalized spacial score (nSPS) is 22.4. The molecule has 1 fully saturated rings. The fraction of sp³-hybridized carbons (Fsp3) is 0.562. The molecular weight excluding hydrogens is 252 g/mol. The summed E-state index contributed by atoms with van der Waals surface area (Å²) in [6.45, 7) is 3.48. The largest absolute Gasteiger partial charge is 0.494 e. The lowest BCUT2D eigenvalue weighted by atomic mass is 9.85. The third-order valence-corrected chi connectivity index (χ3v) is 3.98. The molecule has 1 saturated carbocycles. The van der Waals surface area contributed by atoms with Crippen molar-refractivity contribution in [1.82, 2.24) is 5.32 Å². The maximum Gasteiger partial charge on any atom is 0.220 e. The van der Waals surface area contributed by atoms with Gasteiger partial charge in [-0.25, -0.2) is 0 Å². The zero-order valence-electron chi connectivity index (χ0n) is 12.1. The number of hydrogen-bond donors (Lipinski definition) is 2. The lowest BCUT2D eigenvalue weighted by Crippen LogP contribution is -2.36. The minimum atomic E-state index is -0.148. The molecular formula is C16H24N2O2. The van der Waals surface area contributed by atoms with E-state index >= 15 is 0 Å². The minimum absolute atomic E-state index is 0.0729. The van der Waals surface area contributed by atoms with Gasteiger partial charge in [-0.1, -0.05) is 18.2 Å². The molecule has 0 aromatic heterocycles. The first-order valence-corrected chi connectivity index (χ1v) is 7.44. The SMILES string of the molecule is CCOc1ccccc1CNC1CCC(C(N)=O)CC1. The van der Waals surface area contributed by atoms with Crippen LogP contribution in [-0.2, 0) is 11.3 Å². The van der Waals surface area contributed by atoms with E-state index in [1.165, 1.54) is 5.56 Å². The average Bonchev–Trinajstić information content (AvgIpc) is 2.47. The second-order valence-electron chi connectivity index (χ2n) is 5.37. The highest BCUT2D eigenvalue weighted by Crippen LogP contribution is 2.25. The Labute approximate surface area is 120 Å². The van der Waals surface area contributed by atoms with Gasteiger partial charge in [0.15, 0.2) is 0 Å². The molecule has 4 nitrogen and oxygen atoms in total. The van der Waals surface area contributed by atoms with Crippen LogP contribution in [0.3, 0.4) is 0 Å². The number of carbonyl (C=O) groups is 1. The summed E-state index contributed by atoms with van der Waals surface area (Å²) in [6.07, 6.45) is 3.84. The van der Waals surface area contributed by atoms with Crippen LogP contribution in [0.1, 0.15) is 38.2 Å². The fourth-order valence-corrected chi connectivity index (χ4v) is 2.78. The summed E-state index contributed by atoms with van der Waals surface area (Å²) in [4.78, 5) is 11.1. The van der Waals surface area contributed by atoms with E-state index in [1.807, 2.05) is 25.1 Å². The summed E-state index contributed by atoms with van der Waals surface area (Å²) >= 11 is 0. The highest BCUT2D eigenvalue weighted by molar-refractivity contribution is 5.76. The van der Waals surface area contributed by atoms with E-state index in [0.29, 0.717) is 12.6 Å². The third kappa shape index (κ3) is 3.97. The van der Waals surface area contributed by atoms with E-state index in [4.69, 9.17) is 10.5 Å². The molecule has 1 aliphatic rings. The standard InChI is InChI=1S/C16H24N2O2/c1-2-20-15-6-4-3-5-13(15)11-18-14-9-7-12(8-10-14)16(17)19/h3-6,12,14,18H,2,7-11H2,1H3,(H2,17,19). The van der Waals surface area contributed by atoms with Gasteiger partial charge in [0.05, 0.1) is 6.61 Å². The Balaban J connectivity index is 1.83. The molecule has 20 heavy (non-hydrogen) atoms. The smallest absolute Gasteiger partial charge is 0.220 e. The summed E-state index contributed by atoms with van der Waals surface area (Å²) in [5.74, 6) is 0.877. The van der Waals surface area contributed by atoms with E-state index in [2.05, 4.69) is 11.4 Å². The van der Waals surface area contributed by atoms with Gasteiger partial charge in [0.1, 0.15) is 5.75 Å². The van der Waals surface area contributed by atoms with Crippen molar-refractivity contribution in [2.45, 2.75) is 45.2 Å². The number of para-hydroxylation sites is 1. The van der Waals surface area contributed by atoms with Gasteiger partial charge < -0.3 is 15.8 Å². The minimum Gasteiger partial charge on any atom is -0.494 e. The number of benzene rings is 1. The summed E-state index contributed by atoms with van der Waals surface area (Å²) in [5.41, 5.74) is 6.54. The van der Waals surface area contributed by atoms with Crippen LogP contribution in [0.4, 0.5) is 0 Å². The van der Waals surface area contributed by atoms with E-state index in [-0.39, 0.29) is 11.8 Å². The van der Waals surface area contributed by atoms with Crippen molar-refractivity contribution in [3.8, 4) is 5.75 Å². The Morgan fingerprint density at radius 1 is 1.30 bits per heavy atom.